The van der Waals surface area contributed by atoms with Gasteiger partial charge in [0.25, 0.3) is 0 Å². The van der Waals surface area contributed by atoms with Crippen LogP contribution in [-0.2, 0) is 0 Å². The molecule has 0 atom stereocenters. The Morgan fingerprint density at radius 3 is 2.45 bits per heavy atom. The van der Waals surface area contributed by atoms with Crippen molar-refractivity contribution in [2.75, 3.05) is 13.1 Å². The largest absolute Gasteiger partial charge is 1.00 e. The van der Waals surface area contributed by atoms with Crippen molar-refractivity contribution in [1.82, 2.24) is 4.57 Å². The molecule has 1 aliphatic heterocycles. The van der Waals surface area contributed by atoms with Crippen LogP contribution in [0, 0.1) is 6.92 Å². The van der Waals surface area contributed by atoms with Crippen molar-refractivity contribution in [1.29, 1.82) is 0 Å². The van der Waals surface area contributed by atoms with Gasteiger partial charge in [0.15, 0.2) is 0 Å². The summed E-state index contributed by atoms with van der Waals surface area (Å²) in [6.45, 7) is 11.4. The van der Waals surface area contributed by atoms with Crippen LogP contribution in [-0.4, -0.2) is 25.9 Å². The van der Waals surface area contributed by atoms with Crippen molar-refractivity contribution < 1.29 is 18.9 Å². The molecule has 0 N–H and O–H groups in total. The summed E-state index contributed by atoms with van der Waals surface area (Å²) in [5.41, 5.74) is 0. The number of hydrogen-bond acceptors (Lipinski definition) is 1. The van der Waals surface area contributed by atoms with Gasteiger partial charge in [-0.1, -0.05) is 13.1 Å². The van der Waals surface area contributed by atoms with Crippen LogP contribution in [0.1, 0.15) is 12.8 Å². The van der Waals surface area contributed by atoms with Gasteiger partial charge in [-0.3, -0.25) is 0 Å². The molecule has 11 heavy (non-hydrogen) atoms. The normalized spacial score (nSPS) is 23.2. The fraction of sp³-hybridized carbons (Fsp3) is 0.875. The minimum absolute atomic E-state index is 0. The van der Waals surface area contributed by atoms with Crippen molar-refractivity contribution in [2.45, 2.75) is 32.0 Å². The third-order valence-corrected chi connectivity index (χ3v) is 6.24. The first-order valence-corrected chi connectivity index (χ1v) is 7.36. The first-order chi connectivity index (χ1) is 4.67. The SMILES string of the molecule is [CH2-]CCN1CCC[Si]1(C)C.[Li+]. The van der Waals surface area contributed by atoms with Crippen LogP contribution in [0.5, 0.6) is 0 Å². The molecule has 1 rings (SSSR count). The van der Waals surface area contributed by atoms with E-state index in [2.05, 4.69) is 24.6 Å². The fourth-order valence-corrected chi connectivity index (χ4v) is 4.64. The maximum Gasteiger partial charge on any atom is 1.00 e. The van der Waals surface area contributed by atoms with E-state index in [1.165, 1.54) is 25.6 Å². The first kappa shape index (κ1) is 11.8. The molecule has 3 heteroatoms. The maximum atomic E-state index is 3.90. The number of rotatable bonds is 2. The van der Waals surface area contributed by atoms with Gasteiger partial charge < -0.3 is 11.5 Å². The Bertz CT molecular complexity index is 117. The molecule has 0 unspecified atom stereocenters. The molecule has 1 heterocycles. The second-order valence-electron chi connectivity index (χ2n) is 3.76. The van der Waals surface area contributed by atoms with E-state index in [4.69, 9.17) is 0 Å². The predicted octanol–water partition coefficient (Wildman–Crippen LogP) is -0.875. The smallest absolute Gasteiger partial charge is 0.342 e. The summed E-state index contributed by atoms with van der Waals surface area (Å²) in [5, 5.41) is 0. The topological polar surface area (TPSA) is 3.24 Å². The van der Waals surface area contributed by atoms with E-state index < -0.39 is 8.24 Å². The zero-order valence-corrected chi connectivity index (χ0v) is 9.19. The number of nitrogens with zero attached hydrogens (tertiary/aromatic N) is 1. The van der Waals surface area contributed by atoms with Gasteiger partial charge in [-0.25, -0.2) is 0 Å². The Kier molecular flexibility index (Phi) is 5.05. The van der Waals surface area contributed by atoms with Crippen LogP contribution in [0.25, 0.3) is 0 Å². The van der Waals surface area contributed by atoms with E-state index in [1.807, 2.05) is 0 Å². The van der Waals surface area contributed by atoms with Crippen molar-refractivity contribution in [3.05, 3.63) is 6.92 Å². The average molecular weight is 163 g/mol. The molecule has 0 aliphatic carbocycles. The summed E-state index contributed by atoms with van der Waals surface area (Å²) in [6.07, 6.45) is 2.51. The zero-order chi connectivity index (χ0) is 7.61. The quantitative estimate of drug-likeness (QED) is 0.378. The second kappa shape index (κ2) is 4.72. The molecule has 0 aromatic rings. The Morgan fingerprint density at radius 2 is 2.09 bits per heavy atom. The number of hydrogen-bond donors (Lipinski definition) is 0. The van der Waals surface area contributed by atoms with Crippen LogP contribution < -0.4 is 18.9 Å². The van der Waals surface area contributed by atoms with E-state index in [9.17, 15) is 0 Å². The van der Waals surface area contributed by atoms with Crippen LogP contribution >= 0.6 is 0 Å². The Balaban J connectivity index is 0.000001000. The molecule has 0 spiro atoms. The zero-order valence-electron chi connectivity index (χ0n) is 8.19. The van der Waals surface area contributed by atoms with Gasteiger partial charge in [0.2, 0.25) is 0 Å². The predicted molar refractivity (Wildman–Crippen MR) is 48.5 cm³/mol. The van der Waals surface area contributed by atoms with Gasteiger partial charge in [-0.05, 0) is 25.6 Å². The van der Waals surface area contributed by atoms with Gasteiger partial charge in [0, 0.05) is 0 Å². The minimum Gasteiger partial charge on any atom is -0.342 e. The molecule has 0 aromatic carbocycles. The van der Waals surface area contributed by atoms with Gasteiger partial charge in [0.05, 0.1) is 0 Å². The van der Waals surface area contributed by atoms with Crippen LogP contribution in [0.2, 0.25) is 19.1 Å². The fourth-order valence-electron chi connectivity index (χ4n) is 1.77. The minimum atomic E-state index is -0.897. The summed E-state index contributed by atoms with van der Waals surface area (Å²) in [6, 6.07) is 1.49. The third-order valence-electron chi connectivity index (χ3n) is 2.50. The van der Waals surface area contributed by atoms with Gasteiger partial charge in [-0.15, -0.1) is 0 Å². The summed E-state index contributed by atoms with van der Waals surface area (Å²) in [5.74, 6) is 0. The van der Waals surface area contributed by atoms with E-state index >= 15 is 0 Å². The van der Waals surface area contributed by atoms with Gasteiger partial charge in [0.1, 0.15) is 8.24 Å². The average Bonchev–Trinajstić information content (AvgIpc) is 2.13. The summed E-state index contributed by atoms with van der Waals surface area (Å²) < 4.78 is 2.68. The van der Waals surface area contributed by atoms with Crippen LogP contribution in [0.3, 0.4) is 0 Å². The van der Waals surface area contributed by atoms with Gasteiger partial charge >= 0.3 is 18.9 Å². The standard InChI is InChI=1S/C8H18NSi.Li/c1-4-6-9-7-5-8-10(9,2)3;/h1,4-8H2,2-3H3;/q-1;+1. The molecule has 0 amide bonds. The van der Waals surface area contributed by atoms with E-state index in [0.717, 1.165) is 6.42 Å². The maximum absolute atomic E-state index is 3.90. The summed E-state index contributed by atoms with van der Waals surface area (Å²) in [7, 11) is -0.897. The molecule has 1 fully saturated rings. The molecule has 0 aromatic heterocycles. The van der Waals surface area contributed by atoms with Crippen molar-refractivity contribution in [2.24, 2.45) is 0 Å². The molecule has 0 radical (unpaired) electrons. The molecule has 1 saturated heterocycles. The second-order valence-corrected chi connectivity index (χ2v) is 8.51. The molecule has 0 bridgehead atoms. The first-order valence-electron chi connectivity index (χ1n) is 4.21. The Morgan fingerprint density at radius 1 is 1.45 bits per heavy atom. The van der Waals surface area contributed by atoms with Crippen molar-refractivity contribution >= 4 is 8.24 Å². The molecule has 0 saturated carbocycles. The molecule has 1 nitrogen and oxygen atoms in total. The van der Waals surface area contributed by atoms with Gasteiger partial charge in [-0.2, -0.15) is 6.42 Å². The molecule has 60 valence electrons. The Hall–Kier alpha value is 0.774. The van der Waals surface area contributed by atoms with Crippen LogP contribution in [0.15, 0.2) is 0 Å². The van der Waals surface area contributed by atoms with E-state index in [1.54, 1.807) is 0 Å². The third kappa shape index (κ3) is 2.95. The van der Waals surface area contributed by atoms with E-state index in [-0.39, 0.29) is 18.9 Å². The molecular formula is C8H18LiNSi. The van der Waals surface area contributed by atoms with Crippen LogP contribution in [0.4, 0.5) is 0 Å². The van der Waals surface area contributed by atoms with Crippen molar-refractivity contribution in [3.8, 4) is 0 Å². The summed E-state index contributed by atoms with van der Waals surface area (Å²) in [4.78, 5) is 0. The van der Waals surface area contributed by atoms with E-state index in [0.29, 0.717) is 0 Å². The monoisotopic (exact) mass is 163 g/mol. The molecular weight excluding hydrogens is 145 g/mol. The van der Waals surface area contributed by atoms with Crippen molar-refractivity contribution in [3.63, 3.8) is 0 Å². The Labute approximate surface area is 83.8 Å². The molecule has 1 aliphatic rings. The summed E-state index contributed by atoms with van der Waals surface area (Å²) >= 11 is 0.